The van der Waals surface area contributed by atoms with E-state index in [4.69, 9.17) is 5.41 Å². The SMILES string of the molecule is N=C/C(=C\NC(F)F)C1=C2CC(NC(=O)NSc3ccccc3)CN2C(c2nccs2)=NC1. The van der Waals surface area contributed by atoms with Crippen LogP contribution in [0.4, 0.5) is 13.6 Å². The summed E-state index contributed by atoms with van der Waals surface area (Å²) < 4.78 is 28.1. The Morgan fingerprint density at radius 2 is 2.15 bits per heavy atom. The van der Waals surface area contributed by atoms with Gasteiger partial charge in [0.05, 0.1) is 12.6 Å². The third-order valence-electron chi connectivity index (χ3n) is 4.99. The number of thiazole rings is 1. The quantitative estimate of drug-likeness (QED) is 0.258. The van der Waals surface area contributed by atoms with Crippen LogP contribution in [0.3, 0.4) is 0 Å². The van der Waals surface area contributed by atoms with Crippen molar-refractivity contribution in [1.82, 2.24) is 25.2 Å². The number of amidine groups is 1. The summed E-state index contributed by atoms with van der Waals surface area (Å²) in [5, 5.41) is 15.2. The molecule has 8 nitrogen and oxygen atoms in total. The van der Waals surface area contributed by atoms with Gasteiger partial charge in [-0.05, 0) is 24.1 Å². The van der Waals surface area contributed by atoms with E-state index < -0.39 is 6.55 Å². The van der Waals surface area contributed by atoms with Crippen molar-refractivity contribution >= 4 is 41.4 Å². The number of hydrogen-bond acceptors (Lipinski definition) is 8. The number of benzene rings is 1. The van der Waals surface area contributed by atoms with Gasteiger partial charge in [0.15, 0.2) is 10.8 Å². The fourth-order valence-corrected chi connectivity index (χ4v) is 4.83. The summed E-state index contributed by atoms with van der Waals surface area (Å²) in [5.74, 6) is 0.679. The Kier molecular flexibility index (Phi) is 7.35. The first-order valence-electron chi connectivity index (χ1n) is 10.0. The lowest BCUT2D eigenvalue weighted by atomic mass is 10.0. The number of rotatable bonds is 8. The van der Waals surface area contributed by atoms with Crippen molar-refractivity contribution in [1.29, 1.82) is 5.41 Å². The van der Waals surface area contributed by atoms with Gasteiger partial charge in [-0.1, -0.05) is 18.2 Å². The van der Waals surface area contributed by atoms with E-state index in [-0.39, 0.29) is 18.6 Å². The van der Waals surface area contributed by atoms with Crippen LogP contribution < -0.4 is 15.4 Å². The molecule has 33 heavy (non-hydrogen) atoms. The number of hydrogen-bond donors (Lipinski definition) is 4. The smallest absolute Gasteiger partial charge is 0.325 e. The average Bonchev–Trinajstić information content (AvgIpc) is 3.49. The van der Waals surface area contributed by atoms with Crippen LogP contribution in [0.1, 0.15) is 11.4 Å². The van der Waals surface area contributed by atoms with Crippen molar-refractivity contribution < 1.29 is 13.6 Å². The Morgan fingerprint density at radius 1 is 1.33 bits per heavy atom. The summed E-state index contributed by atoms with van der Waals surface area (Å²) in [5.41, 5.74) is 1.82. The molecule has 12 heteroatoms. The highest BCUT2D eigenvalue weighted by atomic mass is 32.2. The standard InChI is InChI=1S/C21H21F2N7OS2/c22-20(23)27-10-13(9-24)16-11-26-18(19-25-6-7-32-19)30-12-14(8-17(16)30)28-21(31)29-33-15-4-2-1-3-5-15/h1-7,9-10,14,20,24,27H,8,11-12H2,(H2,28,29,31)/b13-10+,24-9?. The molecule has 3 heterocycles. The molecule has 4 N–H and O–H groups in total. The second-order valence-corrected chi connectivity index (χ2v) is 8.89. The van der Waals surface area contributed by atoms with Crippen molar-refractivity contribution in [3.05, 3.63) is 70.0 Å². The number of nitrogens with one attached hydrogen (secondary N) is 4. The molecule has 2 aliphatic rings. The first kappa shape index (κ1) is 22.9. The molecule has 1 fully saturated rings. The van der Waals surface area contributed by atoms with Crippen molar-refractivity contribution in [2.75, 3.05) is 13.1 Å². The summed E-state index contributed by atoms with van der Waals surface area (Å²) in [6, 6.07) is 8.92. The number of aromatic nitrogens is 1. The summed E-state index contributed by atoms with van der Waals surface area (Å²) in [7, 11) is 0. The van der Waals surface area contributed by atoms with E-state index in [0.717, 1.165) is 28.0 Å². The predicted octanol–water partition coefficient (Wildman–Crippen LogP) is 3.58. The zero-order chi connectivity index (χ0) is 23.2. The van der Waals surface area contributed by atoms with Gasteiger partial charge < -0.3 is 20.9 Å². The van der Waals surface area contributed by atoms with Gasteiger partial charge in [-0.25, -0.2) is 9.78 Å². The summed E-state index contributed by atoms with van der Waals surface area (Å²) in [6.07, 6.45) is 4.33. The van der Waals surface area contributed by atoms with E-state index >= 15 is 0 Å². The Balaban J connectivity index is 1.52. The predicted molar refractivity (Wildman–Crippen MR) is 126 cm³/mol. The lowest BCUT2D eigenvalue weighted by Gasteiger charge is -2.28. The topological polar surface area (TPSA) is 106 Å². The van der Waals surface area contributed by atoms with Crippen LogP contribution >= 0.6 is 23.3 Å². The monoisotopic (exact) mass is 489 g/mol. The Bertz CT molecular complexity index is 1090. The van der Waals surface area contributed by atoms with Crippen LogP contribution in [0.15, 0.2) is 74.8 Å². The maximum atomic E-state index is 12.7. The van der Waals surface area contributed by atoms with Gasteiger partial charge in [0.2, 0.25) is 0 Å². The molecule has 0 spiro atoms. The fourth-order valence-electron chi connectivity index (χ4n) is 3.62. The molecule has 0 aliphatic carbocycles. The number of carbonyl (C=O) groups excluding carboxylic acids is 1. The highest BCUT2D eigenvalue weighted by Gasteiger charge is 2.36. The molecule has 0 radical (unpaired) electrons. The lowest BCUT2D eigenvalue weighted by molar-refractivity contribution is 0.125. The van der Waals surface area contributed by atoms with Crippen LogP contribution in [0.2, 0.25) is 0 Å². The molecule has 172 valence electrons. The van der Waals surface area contributed by atoms with Crippen molar-refractivity contribution in [3.63, 3.8) is 0 Å². The van der Waals surface area contributed by atoms with Gasteiger partial charge in [0.25, 0.3) is 0 Å². The minimum atomic E-state index is -2.73. The maximum absolute atomic E-state index is 12.7. The molecule has 1 unspecified atom stereocenters. The number of halogens is 2. The molecule has 2 amide bonds. The largest absolute Gasteiger partial charge is 0.336 e. The normalized spacial score (nSPS) is 18.2. The molecule has 1 saturated heterocycles. The van der Waals surface area contributed by atoms with Crippen molar-refractivity contribution in [2.24, 2.45) is 4.99 Å². The van der Waals surface area contributed by atoms with Crippen LogP contribution in [0.25, 0.3) is 0 Å². The van der Waals surface area contributed by atoms with Crippen molar-refractivity contribution in [3.8, 4) is 0 Å². The first-order chi connectivity index (χ1) is 16.0. The molecule has 1 aromatic carbocycles. The first-order valence-corrected chi connectivity index (χ1v) is 11.7. The van der Waals surface area contributed by atoms with Crippen LogP contribution in [-0.2, 0) is 0 Å². The van der Waals surface area contributed by atoms with Gasteiger partial charge >= 0.3 is 12.6 Å². The zero-order valence-corrected chi connectivity index (χ0v) is 18.9. The van der Waals surface area contributed by atoms with Crippen LogP contribution in [0, 0.1) is 5.41 Å². The van der Waals surface area contributed by atoms with Gasteiger partial charge in [-0.2, -0.15) is 8.78 Å². The highest BCUT2D eigenvalue weighted by molar-refractivity contribution is 7.98. The minimum absolute atomic E-state index is 0.232. The average molecular weight is 490 g/mol. The van der Waals surface area contributed by atoms with Gasteiger partial charge in [0, 0.05) is 58.7 Å². The third kappa shape index (κ3) is 5.57. The third-order valence-corrected chi connectivity index (χ3v) is 6.56. The van der Waals surface area contributed by atoms with Crippen LogP contribution in [0.5, 0.6) is 0 Å². The fraction of sp³-hybridized carbons (Fsp3) is 0.238. The van der Waals surface area contributed by atoms with E-state index in [1.54, 1.807) is 6.20 Å². The summed E-state index contributed by atoms with van der Waals surface area (Å²) in [4.78, 5) is 24.3. The van der Waals surface area contributed by atoms with E-state index in [0.29, 0.717) is 29.9 Å². The Labute approximate surface area is 197 Å². The molecule has 1 aromatic heterocycles. The van der Waals surface area contributed by atoms with Gasteiger partial charge in [-0.3, -0.25) is 9.71 Å². The second-order valence-electron chi connectivity index (χ2n) is 7.12. The van der Waals surface area contributed by atoms with Gasteiger partial charge in [-0.15, -0.1) is 11.3 Å². The molecular weight excluding hydrogens is 468 g/mol. The van der Waals surface area contributed by atoms with Crippen LogP contribution in [-0.4, -0.2) is 53.6 Å². The van der Waals surface area contributed by atoms with Gasteiger partial charge in [0.1, 0.15) is 0 Å². The van der Waals surface area contributed by atoms with E-state index in [2.05, 4.69) is 20.0 Å². The van der Waals surface area contributed by atoms with E-state index in [9.17, 15) is 13.6 Å². The number of carbonyl (C=O) groups is 1. The van der Waals surface area contributed by atoms with E-state index in [1.165, 1.54) is 23.3 Å². The molecular formula is C21H21F2N7OS2. The molecule has 0 bridgehead atoms. The maximum Gasteiger partial charge on any atom is 0.325 e. The Morgan fingerprint density at radius 3 is 2.85 bits per heavy atom. The molecule has 4 rings (SSSR count). The molecule has 2 aliphatic heterocycles. The number of nitrogens with zero attached hydrogens (tertiary/aromatic N) is 3. The molecule has 2 aromatic rings. The number of aliphatic imine (C=N–C) groups is 1. The number of alkyl halides is 2. The molecule has 1 atom stereocenters. The number of urea groups is 1. The Hall–Kier alpha value is -3.25. The summed E-state index contributed by atoms with van der Waals surface area (Å²) >= 11 is 2.66. The lowest BCUT2D eigenvalue weighted by Crippen LogP contribution is -2.42. The molecule has 0 saturated carbocycles. The zero-order valence-electron chi connectivity index (χ0n) is 17.3. The second kappa shape index (κ2) is 10.6. The minimum Gasteiger partial charge on any atom is -0.336 e. The van der Waals surface area contributed by atoms with E-state index in [1.807, 2.05) is 45.9 Å². The number of amides is 2. The summed E-state index contributed by atoms with van der Waals surface area (Å²) in [6.45, 7) is -2.05. The number of fused-ring (bicyclic) bond motifs is 1. The highest BCUT2D eigenvalue weighted by Crippen LogP contribution is 2.33. The van der Waals surface area contributed by atoms with Crippen molar-refractivity contribution in [2.45, 2.75) is 23.9 Å².